The number of hydrogen-bond donors (Lipinski definition) is 1. The number of aromatic nitrogens is 1. The maximum absolute atomic E-state index is 11.7. The van der Waals surface area contributed by atoms with Gasteiger partial charge in [0.1, 0.15) is 0 Å². The van der Waals surface area contributed by atoms with Crippen molar-refractivity contribution in [1.82, 2.24) is 4.98 Å². The molecule has 0 aliphatic rings. The fraction of sp³-hybridized carbons (Fsp3) is 0.133. The standard InChI is InChI=1S/C15H13NO/c1-9-5-12-7-11-3-4-16-15(17)14(11)8-13(12)6-10(9)2/h3-8H,1-2H3,(H,16,17). The molecule has 0 saturated heterocycles. The highest BCUT2D eigenvalue weighted by Gasteiger charge is 2.02. The molecule has 2 nitrogen and oxygen atoms in total. The van der Waals surface area contributed by atoms with E-state index in [0.29, 0.717) is 0 Å². The van der Waals surface area contributed by atoms with Crippen LogP contribution in [0.15, 0.2) is 41.3 Å². The van der Waals surface area contributed by atoms with Gasteiger partial charge in [-0.15, -0.1) is 0 Å². The zero-order chi connectivity index (χ0) is 12.0. The maximum Gasteiger partial charge on any atom is 0.255 e. The first-order valence-corrected chi connectivity index (χ1v) is 5.67. The zero-order valence-electron chi connectivity index (χ0n) is 9.87. The summed E-state index contributed by atoms with van der Waals surface area (Å²) in [5.41, 5.74) is 2.51. The molecule has 1 heterocycles. The summed E-state index contributed by atoms with van der Waals surface area (Å²) in [4.78, 5) is 14.4. The molecule has 0 spiro atoms. The summed E-state index contributed by atoms with van der Waals surface area (Å²) < 4.78 is 0. The van der Waals surface area contributed by atoms with E-state index in [-0.39, 0.29) is 5.56 Å². The Morgan fingerprint density at radius 2 is 1.53 bits per heavy atom. The molecule has 0 fully saturated rings. The van der Waals surface area contributed by atoms with Crippen LogP contribution >= 0.6 is 0 Å². The lowest BCUT2D eigenvalue weighted by Crippen LogP contribution is -2.04. The Bertz CT molecular complexity index is 784. The van der Waals surface area contributed by atoms with Gasteiger partial charge in [-0.25, -0.2) is 0 Å². The number of benzene rings is 2. The molecule has 2 aromatic carbocycles. The SMILES string of the molecule is Cc1cc2cc3cc[nH]c(=O)c3cc2cc1C. The average Bonchev–Trinajstić information content (AvgIpc) is 2.29. The average molecular weight is 223 g/mol. The fourth-order valence-corrected chi connectivity index (χ4v) is 2.21. The van der Waals surface area contributed by atoms with Crippen LogP contribution in [0.3, 0.4) is 0 Å². The number of fused-ring (bicyclic) bond motifs is 2. The van der Waals surface area contributed by atoms with Gasteiger partial charge in [-0.05, 0) is 59.3 Å². The molecule has 3 aromatic rings. The van der Waals surface area contributed by atoms with E-state index in [0.717, 1.165) is 16.2 Å². The topological polar surface area (TPSA) is 32.9 Å². The van der Waals surface area contributed by atoms with Gasteiger partial charge in [-0.3, -0.25) is 4.79 Å². The van der Waals surface area contributed by atoms with E-state index >= 15 is 0 Å². The third-order valence-corrected chi connectivity index (χ3v) is 3.34. The molecule has 0 aliphatic heterocycles. The normalized spacial score (nSPS) is 11.2. The van der Waals surface area contributed by atoms with E-state index in [1.54, 1.807) is 6.20 Å². The Kier molecular flexibility index (Phi) is 2.05. The molecular formula is C15H13NO. The number of hydrogen-bond acceptors (Lipinski definition) is 1. The highest BCUT2D eigenvalue weighted by Crippen LogP contribution is 2.23. The summed E-state index contributed by atoms with van der Waals surface area (Å²) in [6.07, 6.45) is 1.69. The van der Waals surface area contributed by atoms with Crippen molar-refractivity contribution in [3.63, 3.8) is 0 Å². The van der Waals surface area contributed by atoms with E-state index in [9.17, 15) is 4.79 Å². The maximum atomic E-state index is 11.7. The van der Waals surface area contributed by atoms with Gasteiger partial charge < -0.3 is 4.98 Å². The Morgan fingerprint density at radius 3 is 2.24 bits per heavy atom. The first kappa shape index (κ1) is 10.1. The molecule has 1 aromatic heterocycles. The predicted octanol–water partition coefficient (Wildman–Crippen LogP) is 3.30. The molecule has 0 radical (unpaired) electrons. The van der Waals surface area contributed by atoms with Crippen molar-refractivity contribution >= 4 is 21.5 Å². The molecule has 2 heteroatoms. The summed E-state index contributed by atoms with van der Waals surface area (Å²) in [6.45, 7) is 4.20. The van der Waals surface area contributed by atoms with E-state index in [4.69, 9.17) is 0 Å². The van der Waals surface area contributed by atoms with Crippen molar-refractivity contribution in [2.45, 2.75) is 13.8 Å². The van der Waals surface area contributed by atoms with Crippen LogP contribution in [0.4, 0.5) is 0 Å². The fourth-order valence-electron chi connectivity index (χ4n) is 2.21. The van der Waals surface area contributed by atoms with Gasteiger partial charge in [0.05, 0.1) is 0 Å². The van der Waals surface area contributed by atoms with Gasteiger partial charge in [0.25, 0.3) is 5.56 Å². The Labute approximate surface area is 98.9 Å². The van der Waals surface area contributed by atoms with E-state index in [1.807, 2.05) is 12.1 Å². The van der Waals surface area contributed by atoms with Crippen LogP contribution in [0.25, 0.3) is 21.5 Å². The van der Waals surface area contributed by atoms with Crippen LogP contribution in [-0.2, 0) is 0 Å². The van der Waals surface area contributed by atoms with Gasteiger partial charge in [0.15, 0.2) is 0 Å². The number of aryl methyl sites for hydroxylation is 2. The van der Waals surface area contributed by atoms with Gasteiger partial charge in [0, 0.05) is 11.6 Å². The smallest absolute Gasteiger partial charge is 0.255 e. The minimum Gasteiger partial charge on any atom is -0.329 e. The Balaban J connectivity index is 2.53. The van der Waals surface area contributed by atoms with Crippen molar-refractivity contribution in [2.24, 2.45) is 0 Å². The first-order valence-electron chi connectivity index (χ1n) is 5.67. The predicted molar refractivity (Wildman–Crippen MR) is 71.5 cm³/mol. The minimum atomic E-state index is -0.0253. The van der Waals surface area contributed by atoms with E-state index in [2.05, 4.69) is 37.0 Å². The second-order valence-electron chi connectivity index (χ2n) is 4.53. The lowest BCUT2D eigenvalue weighted by atomic mass is 10.00. The number of aromatic amines is 1. The van der Waals surface area contributed by atoms with Crippen molar-refractivity contribution in [2.75, 3.05) is 0 Å². The Morgan fingerprint density at radius 1 is 0.882 bits per heavy atom. The van der Waals surface area contributed by atoms with Crippen LogP contribution in [0.5, 0.6) is 0 Å². The number of pyridine rings is 1. The Hall–Kier alpha value is -2.09. The zero-order valence-corrected chi connectivity index (χ0v) is 9.87. The second kappa shape index (κ2) is 3.45. The summed E-state index contributed by atoms with van der Waals surface area (Å²) in [6, 6.07) is 10.3. The van der Waals surface area contributed by atoms with Crippen LogP contribution in [0.1, 0.15) is 11.1 Å². The first-order chi connectivity index (χ1) is 8.15. The molecule has 1 N–H and O–H groups in total. The summed E-state index contributed by atoms with van der Waals surface area (Å²) in [5.74, 6) is 0. The van der Waals surface area contributed by atoms with Crippen molar-refractivity contribution in [3.05, 3.63) is 58.0 Å². The summed E-state index contributed by atoms with van der Waals surface area (Å²) in [5, 5.41) is 4.05. The van der Waals surface area contributed by atoms with Crippen molar-refractivity contribution in [1.29, 1.82) is 0 Å². The molecule has 0 atom stereocenters. The van der Waals surface area contributed by atoms with E-state index < -0.39 is 0 Å². The van der Waals surface area contributed by atoms with Crippen LogP contribution < -0.4 is 5.56 Å². The minimum absolute atomic E-state index is 0.0253. The highest BCUT2D eigenvalue weighted by molar-refractivity contribution is 5.98. The monoisotopic (exact) mass is 223 g/mol. The third kappa shape index (κ3) is 1.53. The molecule has 0 aliphatic carbocycles. The molecule has 0 saturated carbocycles. The molecule has 84 valence electrons. The lowest BCUT2D eigenvalue weighted by Gasteiger charge is -2.05. The quantitative estimate of drug-likeness (QED) is 0.583. The number of H-pyrrole nitrogens is 1. The van der Waals surface area contributed by atoms with Crippen molar-refractivity contribution < 1.29 is 0 Å². The van der Waals surface area contributed by atoms with Crippen LogP contribution in [0, 0.1) is 13.8 Å². The molecule has 0 unspecified atom stereocenters. The highest BCUT2D eigenvalue weighted by atomic mass is 16.1. The van der Waals surface area contributed by atoms with Gasteiger partial charge >= 0.3 is 0 Å². The molecule has 3 rings (SSSR count). The largest absolute Gasteiger partial charge is 0.329 e. The van der Waals surface area contributed by atoms with E-state index in [1.165, 1.54) is 16.5 Å². The second-order valence-corrected chi connectivity index (χ2v) is 4.53. The third-order valence-electron chi connectivity index (χ3n) is 3.34. The molecule has 0 bridgehead atoms. The van der Waals surface area contributed by atoms with Crippen molar-refractivity contribution in [3.8, 4) is 0 Å². The van der Waals surface area contributed by atoms with Gasteiger partial charge in [-0.2, -0.15) is 0 Å². The summed E-state index contributed by atoms with van der Waals surface area (Å²) >= 11 is 0. The summed E-state index contributed by atoms with van der Waals surface area (Å²) in [7, 11) is 0. The lowest BCUT2D eigenvalue weighted by molar-refractivity contribution is 1.28. The molecular weight excluding hydrogens is 210 g/mol. The van der Waals surface area contributed by atoms with Crippen LogP contribution in [0.2, 0.25) is 0 Å². The number of rotatable bonds is 0. The molecule has 17 heavy (non-hydrogen) atoms. The van der Waals surface area contributed by atoms with Gasteiger partial charge in [-0.1, -0.05) is 12.1 Å². The van der Waals surface area contributed by atoms with Gasteiger partial charge in [0.2, 0.25) is 0 Å². The number of nitrogens with one attached hydrogen (secondary N) is 1. The van der Waals surface area contributed by atoms with Crippen LogP contribution in [-0.4, -0.2) is 4.98 Å². The molecule has 0 amide bonds.